The first-order chi connectivity index (χ1) is 14.5. The standard InChI is InChI=1S/C22H26N2O5S/c1-3-28-20(25)17-14(2)18(21(26)29-16-12-8-5-9-13-16)30-19(17)24-22(27)23-15-10-6-4-7-11-15/h4,6-7,10-11,16H,3,5,8-9,12-13H2,1-2H3,(H2,23,24,27). The summed E-state index contributed by atoms with van der Waals surface area (Å²) in [4.78, 5) is 38.0. The summed E-state index contributed by atoms with van der Waals surface area (Å²) >= 11 is 1.03. The number of ether oxygens (including phenoxy) is 2. The summed E-state index contributed by atoms with van der Waals surface area (Å²) in [5.74, 6) is -1.05. The average molecular weight is 431 g/mol. The molecule has 0 radical (unpaired) electrons. The molecule has 3 rings (SSSR count). The molecular formula is C22H26N2O5S. The number of rotatable bonds is 6. The largest absolute Gasteiger partial charge is 0.462 e. The molecule has 1 heterocycles. The number of esters is 2. The van der Waals surface area contributed by atoms with Crippen molar-refractivity contribution >= 4 is 40.0 Å². The second-order valence-electron chi connectivity index (χ2n) is 7.09. The summed E-state index contributed by atoms with van der Waals surface area (Å²) in [7, 11) is 0. The molecule has 2 N–H and O–H groups in total. The highest BCUT2D eigenvalue weighted by Gasteiger charge is 2.29. The maximum Gasteiger partial charge on any atom is 0.348 e. The quantitative estimate of drug-likeness (QED) is 0.601. The van der Waals surface area contributed by atoms with Crippen LogP contribution in [-0.2, 0) is 9.47 Å². The van der Waals surface area contributed by atoms with E-state index in [1.807, 2.05) is 6.07 Å². The monoisotopic (exact) mass is 430 g/mol. The average Bonchev–Trinajstić information content (AvgIpc) is 3.05. The zero-order chi connectivity index (χ0) is 21.5. The van der Waals surface area contributed by atoms with Crippen LogP contribution in [0.5, 0.6) is 0 Å². The molecule has 2 aromatic rings. The maximum atomic E-state index is 12.8. The van der Waals surface area contributed by atoms with Crippen molar-refractivity contribution in [1.29, 1.82) is 0 Å². The van der Waals surface area contributed by atoms with Crippen LogP contribution in [0.4, 0.5) is 15.5 Å². The highest BCUT2D eigenvalue weighted by atomic mass is 32.1. The lowest BCUT2D eigenvalue weighted by atomic mass is 9.98. The molecule has 0 aliphatic heterocycles. The number of amides is 2. The van der Waals surface area contributed by atoms with Crippen molar-refractivity contribution in [2.45, 2.75) is 52.1 Å². The summed E-state index contributed by atoms with van der Waals surface area (Å²) in [6, 6.07) is 8.43. The van der Waals surface area contributed by atoms with Crippen molar-refractivity contribution in [3.8, 4) is 0 Å². The van der Waals surface area contributed by atoms with Crippen molar-refractivity contribution in [1.82, 2.24) is 0 Å². The summed E-state index contributed by atoms with van der Waals surface area (Å²) in [5, 5.41) is 5.64. The molecule has 30 heavy (non-hydrogen) atoms. The molecule has 1 saturated carbocycles. The van der Waals surface area contributed by atoms with Crippen LogP contribution in [0.25, 0.3) is 0 Å². The smallest absolute Gasteiger partial charge is 0.348 e. The molecule has 1 aliphatic carbocycles. The van der Waals surface area contributed by atoms with E-state index in [1.165, 1.54) is 0 Å². The Balaban J connectivity index is 1.81. The number of urea groups is 1. The van der Waals surface area contributed by atoms with Gasteiger partial charge in [-0.15, -0.1) is 11.3 Å². The van der Waals surface area contributed by atoms with Crippen molar-refractivity contribution in [3.05, 3.63) is 46.3 Å². The van der Waals surface area contributed by atoms with E-state index < -0.39 is 18.0 Å². The van der Waals surface area contributed by atoms with Crippen LogP contribution in [0.2, 0.25) is 0 Å². The molecule has 1 aromatic heterocycles. The fourth-order valence-corrected chi connectivity index (χ4v) is 4.49. The number of hydrogen-bond acceptors (Lipinski definition) is 6. The third-order valence-electron chi connectivity index (χ3n) is 4.90. The van der Waals surface area contributed by atoms with E-state index in [0.717, 1.165) is 43.4 Å². The van der Waals surface area contributed by atoms with Crippen molar-refractivity contribution in [2.75, 3.05) is 17.2 Å². The molecule has 0 unspecified atom stereocenters. The predicted molar refractivity (Wildman–Crippen MR) is 116 cm³/mol. The number of anilines is 2. The topological polar surface area (TPSA) is 93.7 Å². The van der Waals surface area contributed by atoms with Gasteiger partial charge in [0.1, 0.15) is 16.0 Å². The number of benzene rings is 1. The molecule has 8 heteroatoms. The lowest BCUT2D eigenvalue weighted by molar-refractivity contribution is 0.0216. The van der Waals surface area contributed by atoms with Gasteiger partial charge < -0.3 is 14.8 Å². The molecule has 160 valence electrons. The SMILES string of the molecule is CCOC(=O)c1c(NC(=O)Nc2ccccc2)sc(C(=O)OC2CCCCC2)c1C. The maximum absolute atomic E-state index is 12.8. The summed E-state index contributed by atoms with van der Waals surface area (Å²) in [6.07, 6.45) is 4.85. The van der Waals surface area contributed by atoms with E-state index in [1.54, 1.807) is 38.1 Å². The van der Waals surface area contributed by atoms with Gasteiger partial charge >= 0.3 is 18.0 Å². The highest BCUT2D eigenvalue weighted by Crippen LogP contribution is 2.35. The molecular weight excluding hydrogens is 404 g/mol. The van der Waals surface area contributed by atoms with Crippen molar-refractivity contribution in [2.24, 2.45) is 0 Å². The van der Waals surface area contributed by atoms with E-state index >= 15 is 0 Å². The third kappa shape index (κ3) is 5.38. The van der Waals surface area contributed by atoms with Gasteiger partial charge in [0, 0.05) is 5.69 Å². The molecule has 0 atom stereocenters. The molecule has 0 saturated heterocycles. The fourth-order valence-electron chi connectivity index (χ4n) is 3.42. The van der Waals surface area contributed by atoms with E-state index in [2.05, 4.69) is 10.6 Å². The second kappa shape index (κ2) is 10.2. The van der Waals surface area contributed by atoms with Gasteiger partial charge in [0.2, 0.25) is 0 Å². The summed E-state index contributed by atoms with van der Waals surface area (Å²) < 4.78 is 10.8. The predicted octanol–water partition coefficient (Wildman–Crippen LogP) is 5.37. The molecule has 0 bridgehead atoms. The Bertz CT molecular complexity index is 904. The Hall–Kier alpha value is -2.87. The molecule has 1 aliphatic rings. The van der Waals surface area contributed by atoms with Gasteiger partial charge in [0.05, 0.1) is 12.2 Å². The molecule has 1 fully saturated rings. The van der Waals surface area contributed by atoms with E-state index in [9.17, 15) is 14.4 Å². The zero-order valence-electron chi connectivity index (χ0n) is 17.2. The summed E-state index contributed by atoms with van der Waals surface area (Å²) in [6.45, 7) is 3.55. The van der Waals surface area contributed by atoms with Crippen LogP contribution >= 0.6 is 11.3 Å². The van der Waals surface area contributed by atoms with Gasteiger partial charge in [-0.2, -0.15) is 0 Å². The highest BCUT2D eigenvalue weighted by molar-refractivity contribution is 7.18. The number of nitrogens with one attached hydrogen (secondary N) is 2. The third-order valence-corrected chi connectivity index (χ3v) is 6.08. The Morgan fingerprint density at radius 3 is 2.40 bits per heavy atom. The Labute approximate surface area is 179 Å². The minimum Gasteiger partial charge on any atom is -0.462 e. The van der Waals surface area contributed by atoms with Crippen molar-refractivity contribution < 1.29 is 23.9 Å². The van der Waals surface area contributed by atoms with Crippen LogP contribution in [-0.4, -0.2) is 30.7 Å². The van der Waals surface area contributed by atoms with Crippen LogP contribution in [0.15, 0.2) is 30.3 Å². The zero-order valence-corrected chi connectivity index (χ0v) is 18.0. The Kier molecular flexibility index (Phi) is 7.46. The van der Waals surface area contributed by atoms with Gasteiger partial charge in [-0.1, -0.05) is 24.6 Å². The van der Waals surface area contributed by atoms with Gasteiger partial charge in [0.15, 0.2) is 0 Å². The normalized spacial score (nSPS) is 14.1. The lowest BCUT2D eigenvalue weighted by Gasteiger charge is -2.21. The van der Waals surface area contributed by atoms with E-state index in [0.29, 0.717) is 16.1 Å². The Morgan fingerprint density at radius 1 is 1.03 bits per heavy atom. The number of hydrogen-bond donors (Lipinski definition) is 2. The first-order valence-corrected chi connectivity index (χ1v) is 11.0. The van der Waals surface area contributed by atoms with Gasteiger partial charge in [-0.3, -0.25) is 5.32 Å². The van der Waals surface area contributed by atoms with Gasteiger partial charge in [-0.25, -0.2) is 14.4 Å². The minimum absolute atomic E-state index is 0.100. The number of carbonyl (C=O) groups is 3. The van der Waals surface area contributed by atoms with E-state index in [-0.39, 0.29) is 23.3 Å². The molecule has 2 amide bonds. The number of carbonyl (C=O) groups excluding carboxylic acids is 3. The number of thiophene rings is 1. The van der Waals surface area contributed by atoms with Crippen LogP contribution in [0.1, 0.15) is 64.6 Å². The number of para-hydroxylation sites is 1. The Morgan fingerprint density at radius 2 is 1.73 bits per heavy atom. The molecule has 7 nitrogen and oxygen atoms in total. The first-order valence-electron chi connectivity index (χ1n) is 10.1. The van der Waals surface area contributed by atoms with Crippen LogP contribution < -0.4 is 10.6 Å². The van der Waals surface area contributed by atoms with Gasteiger partial charge in [0.25, 0.3) is 0 Å². The van der Waals surface area contributed by atoms with Crippen LogP contribution in [0.3, 0.4) is 0 Å². The minimum atomic E-state index is -0.585. The van der Waals surface area contributed by atoms with E-state index in [4.69, 9.17) is 9.47 Å². The molecule has 1 aromatic carbocycles. The van der Waals surface area contributed by atoms with Crippen molar-refractivity contribution in [3.63, 3.8) is 0 Å². The second-order valence-corrected chi connectivity index (χ2v) is 8.11. The van der Waals surface area contributed by atoms with Crippen LogP contribution in [0, 0.1) is 6.92 Å². The van der Waals surface area contributed by atoms with Gasteiger partial charge in [-0.05, 0) is 57.2 Å². The molecule has 0 spiro atoms. The fraction of sp³-hybridized carbons (Fsp3) is 0.409. The lowest BCUT2D eigenvalue weighted by Crippen LogP contribution is -2.21. The summed E-state index contributed by atoms with van der Waals surface area (Å²) in [5.41, 5.74) is 1.24. The first kappa shape index (κ1) is 21.8.